The van der Waals surface area contributed by atoms with E-state index in [0.29, 0.717) is 12.0 Å². The molecule has 1 fully saturated rings. The molecule has 11 heteroatoms. The molecule has 0 spiro atoms. The molecule has 1 aromatic carbocycles. The van der Waals surface area contributed by atoms with Crippen molar-refractivity contribution in [1.29, 1.82) is 0 Å². The first-order valence-electron chi connectivity index (χ1n) is 13.9. The van der Waals surface area contributed by atoms with Crippen molar-refractivity contribution in [2.75, 3.05) is 12.9 Å². The van der Waals surface area contributed by atoms with Crippen LogP contribution in [0.25, 0.3) is 16.3 Å². The van der Waals surface area contributed by atoms with Crippen LogP contribution in [0.5, 0.6) is 5.75 Å². The number of pyridine rings is 1. The largest absolute Gasteiger partial charge is 0.508 e. The third kappa shape index (κ3) is 6.30. The number of carboxylic acid groups (broad SMARTS) is 1. The van der Waals surface area contributed by atoms with Crippen LogP contribution in [0.2, 0.25) is 0 Å². The number of benzene rings is 1. The first kappa shape index (κ1) is 30.4. The minimum atomic E-state index is -1.80. The number of esters is 1. The molecule has 0 radical (unpaired) electrons. The van der Waals surface area contributed by atoms with Crippen LogP contribution in [0.3, 0.4) is 0 Å². The van der Waals surface area contributed by atoms with Gasteiger partial charge in [0.15, 0.2) is 5.60 Å². The average molecular weight is 614 g/mol. The Labute approximate surface area is 250 Å². The lowest BCUT2D eigenvalue weighted by atomic mass is 9.79. The molecule has 1 aliphatic carbocycles. The zero-order valence-electron chi connectivity index (χ0n) is 23.5. The predicted molar refractivity (Wildman–Crippen MR) is 163 cm³/mol. The number of aliphatic hydroxyl groups excluding tert-OH is 2. The molecule has 1 saturated carbocycles. The maximum absolute atomic E-state index is 12.5. The number of carbonyl (C=O) groups excluding carboxylic acids is 1. The number of aromatic nitrogens is 1. The third-order valence-corrected chi connectivity index (χ3v) is 10.7. The average Bonchev–Trinajstić information content (AvgIpc) is 3.52. The van der Waals surface area contributed by atoms with Crippen molar-refractivity contribution in [3.8, 4) is 5.75 Å². The quantitative estimate of drug-likeness (QED) is 0.114. The lowest BCUT2D eigenvalue weighted by Gasteiger charge is -2.41. The number of aromatic hydroxyl groups is 1. The van der Waals surface area contributed by atoms with Gasteiger partial charge in [0.2, 0.25) is 0 Å². The van der Waals surface area contributed by atoms with Crippen LogP contribution in [-0.4, -0.2) is 79.5 Å². The summed E-state index contributed by atoms with van der Waals surface area (Å²) in [5.74, 6) is -1.99. The second-order valence-corrected chi connectivity index (χ2v) is 13.6. The van der Waals surface area contributed by atoms with Crippen molar-refractivity contribution in [3.05, 3.63) is 58.0 Å². The Balaban J connectivity index is 1.21. The van der Waals surface area contributed by atoms with Crippen LogP contribution in [0, 0.1) is 6.92 Å². The number of aliphatic hydroxyl groups is 2. The fourth-order valence-electron chi connectivity index (χ4n) is 5.57. The summed E-state index contributed by atoms with van der Waals surface area (Å²) in [6, 6.07) is 6.15. The number of hydrogen-bond acceptors (Lipinski definition) is 9. The first-order valence-corrected chi connectivity index (χ1v) is 16.4. The van der Waals surface area contributed by atoms with Crippen LogP contribution < -0.4 is 0 Å². The van der Waals surface area contributed by atoms with Crippen LogP contribution in [-0.2, 0) is 31.9 Å². The molecule has 42 heavy (non-hydrogen) atoms. The molecule has 2 aliphatic rings. The molecule has 5 atom stereocenters. The van der Waals surface area contributed by atoms with Gasteiger partial charge >= 0.3 is 11.9 Å². The van der Waals surface area contributed by atoms with E-state index in [0.717, 1.165) is 30.9 Å². The molecule has 3 aromatic rings. The van der Waals surface area contributed by atoms with Gasteiger partial charge in [-0.05, 0) is 84.7 Å². The summed E-state index contributed by atoms with van der Waals surface area (Å²) in [5, 5.41) is 46.1. The highest BCUT2D eigenvalue weighted by Crippen LogP contribution is 2.40. The number of carbonyl (C=O) groups is 2. The molecule has 9 nitrogen and oxygen atoms in total. The molecule has 224 valence electrons. The number of unbranched alkanes of at least 4 members (excludes halogenated alkanes) is 1. The van der Waals surface area contributed by atoms with Gasteiger partial charge in [0.25, 0.3) is 0 Å². The molecule has 0 bridgehead atoms. The second kappa shape index (κ2) is 12.6. The lowest BCUT2D eigenvalue weighted by Crippen LogP contribution is -2.58. The standard InChI is InChI=1S/C31H35NO8S2/c1-18-17-41-28-21(22-12-14-42(2)29(22)32-26(18)28)5-3-4-13-39-31(30(37)38)15-23(34)27(36)24(16-31)40-25(35)11-8-19-6-9-20(33)10-7-19/h6-11,14,17,23-24,27,33-34,36H,3-5,12-13,15-16H2,1-2H3,(H,37,38)/t23-,24+,27+,31-,42?/m0/s1. The SMILES string of the molecule is Cc1csc2c(CCCCO[C@@]3(C(=O)O)C[C@H](O)[C@@H](O)[C@H](OC(=O)C=Cc4ccc(O)cc4)C3)c3c(nc12)S(C)=CC3. The number of aryl methyl sites for hydroxylation is 2. The van der Waals surface area contributed by atoms with Crippen LogP contribution in [0.15, 0.2) is 40.7 Å². The summed E-state index contributed by atoms with van der Waals surface area (Å²) in [4.78, 5) is 29.8. The number of carboxylic acids is 1. The van der Waals surface area contributed by atoms with Gasteiger partial charge < -0.3 is 29.9 Å². The topological polar surface area (TPSA) is 146 Å². The summed E-state index contributed by atoms with van der Waals surface area (Å²) >= 11 is 1.72. The predicted octanol–water partition coefficient (Wildman–Crippen LogP) is 4.23. The van der Waals surface area contributed by atoms with Crippen molar-refractivity contribution < 1.29 is 39.5 Å². The fourth-order valence-corrected chi connectivity index (χ4v) is 8.06. The number of phenolic OH excluding ortho intramolecular Hbond substituents is 1. The Morgan fingerprint density at radius 3 is 2.69 bits per heavy atom. The molecule has 1 unspecified atom stereocenters. The van der Waals surface area contributed by atoms with Gasteiger partial charge in [0, 0.05) is 25.5 Å². The Kier molecular flexibility index (Phi) is 9.14. The molecule has 0 amide bonds. The summed E-state index contributed by atoms with van der Waals surface area (Å²) in [7, 11) is 0.0290. The smallest absolute Gasteiger partial charge is 0.336 e. The monoisotopic (exact) mass is 613 g/mol. The Hall–Kier alpha value is -3.09. The van der Waals surface area contributed by atoms with Gasteiger partial charge in [-0.1, -0.05) is 17.5 Å². The molecule has 2 aromatic heterocycles. The van der Waals surface area contributed by atoms with Crippen LogP contribution >= 0.6 is 21.8 Å². The van der Waals surface area contributed by atoms with E-state index in [1.54, 1.807) is 23.5 Å². The van der Waals surface area contributed by atoms with E-state index in [2.05, 4.69) is 23.9 Å². The molecule has 5 rings (SSSR count). The molecular weight excluding hydrogens is 578 g/mol. The van der Waals surface area contributed by atoms with Gasteiger partial charge in [-0.3, -0.25) is 0 Å². The molecule has 1 aliphatic heterocycles. The highest BCUT2D eigenvalue weighted by molar-refractivity contribution is 8.14. The number of rotatable bonds is 10. The Morgan fingerprint density at radius 2 is 1.95 bits per heavy atom. The van der Waals surface area contributed by atoms with Crippen molar-refractivity contribution in [2.45, 2.75) is 74.4 Å². The number of thiophene rings is 1. The maximum atomic E-state index is 12.5. The van der Waals surface area contributed by atoms with Crippen LogP contribution in [0.1, 0.15) is 47.9 Å². The highest BCUT2D eigenvalue weighted by Gasteiger charge is 2.52. The van der Waals surface area contributed by atoms with Gasteiger partial charge in [0.05, 0.1) is 21.3 Å². The van der Waals surface area contributed by atoms with Gasteiger partial charge in [-0.15, -0.1) is 21.8 Å². The van der Waals surface area contributed by atoms with E-state index in [1.165, 1.54) is 44.6 Å². The molecular formula is C31H35NO8S2. The second-order valence-electron chi connectivity index (χ2n) is 10.9. The highest BCUT2D eigenvalue weighted by atomic mass is 32.2. The van der Waals surface area contributed by atoms with Crippen molar-refractivity contribution in [3.63, 3.8) is 0 Å². The number of hydrogen-bond donors (Lipinski definition) is 4. The Bertz CT molecular complexity index is 1550. The first-order chi connectivity index (χ1) is 20.1. The summed E-state index contributed by atoms with van der Waals surface area (Å²) in [6.45, 7) is 2.22. The summed E-state index contributed by atoms with van der Waals surface area (Å²) in [5.41, 5.74) is 3.71. The van der Waals surface area contributed by atoms with Gasteiger partial charge in [0.1, 0.15) is 18.0 Å². The number of nitrogens with zero attached hydrogens (tertiary/aromatic N) is 1. The minimum absolute atomic E-state index is 0.0290. The maximum Gasteiger partial charge on any atom is 0.336 e. The third-order valence-electron chi connectivity index (χ3n) is 7.90. The fraction of sp³-hybridized carbons (Fsp3) is 0.419. The normalized spacial score (nSPS) is 25.4. The summed E-state index contributed by atoms with van der Waals surface area (Å²) < 4.78 is 12.5. The number of fused-ring (bicyclic) bond motifs is 2. The van der Waals surface area contributed by atoms with E-state index in [4.69, 9.17) is 14.5 Å². The summed E-state index contributed by atoms with van der Waals surface area (Å²) in [6.07, 6.45) is 3.15. The number of ether oxygens (including phenoxy) is 2. The van der Waals surface area contributed by atoms with Crippen molar-refractivity contribution in [2.24, 2.45) is 0 Å². The van der Waals surface area contributed by atoms with E-state index < -0.39 is 35.9 Å². The lowest BCUT2D eigenvalue weighted by molar-refractivity contribution is -0.207. The minimum Gasteiger partial charge on any atom is -0.508 e. The Morgan fingerprint density at radius 1 is 1.19 bits per heavy atom. The van der Waals surface area contributed by atoms with E-state index in [1.807, 2.05) is 0 Å². The number of phenols is 1. The van der Waals surface area contributed by atoms with E-state index in [-0.39, 0.29) is 35.7 Å². The molecule has 0 saturated heterocycles. The van der Waals surface area contributed by atoms with E-state index >= 15 is 0 Å². The molecule has 3 heterocycles. The zero-order chi connectivity index (χ0) is 30.0. The molecule has 4 N–H and O–H groups in total. The van der Waals surface area contributed by atoms with E-state index in [9.17, 15) is 30.0 Å². The van der Waals surface area contributed by atoms with Crippen molar-refractivity contribution in [1.82, 2.24) is 4.98 Å². The zero-order valence-corrected chi connectivity index (χ0v) is 25.1. The van der Waals surface area contributed by atoms with Gasteiger partial charge in [-0.2, -0.15) is 0 Å². The van der Waals surface area contributed by atoms with Gasteiger partial charge in [-0.25, -0.2) is 14.6 Å². The van der Waals surface area contributed by atoms with Crippen molar-refractivity contribution >= 4 is 55.4 Å². The number of aliphatic carboxylic acids is 1. The van der Waals surface area contributed by atoms with Crippen LogP contribution in [0.4, 0.5) is 0 Å².